The molecular formula is C34H46. The van der Waals surface area contributed by atoms with Crippen molar-refractivity contribution < 1.29 is 0 Å². The van der Waals surface area contributed by atoms with Gasteiger partial charge in [-0.1, -0.05) is 133 Å². The second-order valence-corrected chi connectivity index (χ2v) is 10.4. The van der Waals surface area contributed by atoms with Gasteiger partial charge in [-0.3, -0.25) is 0 Å². The summed E-state index contributed by atoms with van der Waals surface area (Å²) in [4.78, 5) is 0. The maximum absolute atomic E-state index is 3.32. The molecule has 0 unspecified atom stereocenters. The van der Waals surface area contributed by atoms with Gasteiger partial charge in [-0.05, 0) is 66.5 Å². The average Bonchev–Trinajstić information content (AvgIpc) is 2.89. The maximum atomic E-state index is 3.32. The third kappa shape index (κ3) is 9.93. The summed E-state index contributed by atoms with van der Waals surface area (Å²) in [7, 11) is 0. The molecule has 2 aromatic rings. The Hall–Kier alpha value is -2.26. The predicted molar refractivity (Wildman–Crippen MR) is 150 cm³/mol. The van der Waals surface area contributed by atoms with Crippen LogP contribution < -0.4 is 0 Å². The predicted octanol–water partition coefficient (Wildman–Crippen LogP) is 10.00. The highest BCUT2D eigenvalue weighted by Gasteiger charge is 2.20. The lowest BCUT2D eigenvalue weighted by atomic mass is 9.77. The van der Waals surface area contributed by atoms with E-state index in [1.807, 2.05) is 0 Å². The van der Waals surface area contributed by atoms with Gasteiger partial charge in [-0.2, -0.15) is 0 Å². The standard InChI is InChI=1S/C34H46/c1-3-5-7-8-9-10-12-30-15-19-32(20-16-30)22-24-34-27-25-33(26-28-34)23-21-31-17-13-29(14-18-31)11-6-4-2/h6,11,13-14,17-18,25-28,30,32H,3-5,7-10,12,15-16,19-20,22,24H2,1-2H3/b11-6+. The molecule has 34 heavy (non-hydrogen) atoms. The van der Waals surface area contributed by atoms with E-state index in [4.69, 9.17) is 0 Å². The molecule has 0 radical (unpaired) electrons. The SMILES string of the molecule is CC/C=C/c1ccc(C#Cc2ccc(CCC3CCC(CCCCCCCC)CC3)cc2)cc1. The second-order valence-electron chi connectivity index (χ2n) is 10.4. The molecule has 3 rings (SSSR count). The number of hydrogen-bond acceptors (Lipinski definition) is 0. The minimum Gasteiger partial charge on any atom is -0.0842 e. The Morgan fingerprint density at radius 1 is 0.676 bits per heavy atom. The molecule has 182 valence electrons. The van der Waals surface area contributed by atoms with Gasteiger partial charge >= 0.3 is 0 Å². The molecule has 0 saturated heterocycles. The van der Waals surface area contributed by atoms with Crippen molar-refractivity contribution in [1.29, 1.82) is 0 Å². The molecule has 0 amide bonds. The van der Waals surface area contributed by atoms with Crippen LogP contribution in [0.25, 0.3) is 6.08 Å². The largest absolute Gasteiger partial charge is 0.0842 e. The van der Waals surface area contributed by atoms with Gasteiger partial charge in [-0.15, -0.1) is 0 Å². The highest BCUT2D eigenvalue weighted by atomic mass is 14.3. The van der Waals surface area contributed by atoms with Crippen molar-refractivity contribution in [3.63, 3.8) is 0 Å². The molecule has 0 aliphatic heterocycles. The zero-order valence-corrected chi connectivity index (χ0v) is 21.8. The molecule has 0 heteroatoms. The molecular weight excluding hydrogens is 408 g/mol. The fraction of sp³-hybridized carbons (Fsp3) is 0.529. The highest BCUT2D eigenvalue weighted by Crippen LogP contribution is 2.34. The van der Waals surface area contributed by atoms with Gasteiger partial charge in [0, 0.05) is 11.1 Å². The number of rotatable bonds is 12. The van der Waals surface area contributed by atoms with Crippen molar-refractivity contribution in [2.45, 2.75) is 104 Å². The molecule has 1 saturated carbocycles. The fourth-order valence-electron chi connectivity index (χ4n) is 5.22. The van der Waals surface area contributed by atoms with Crippen LogP contribution in [0.15, 0.2) is 54.6 Å². The molecule has 2 aromatic carbocycles. The lowest BCUT2D eigenvalue weighted by Gasteiger charge is -2.28. The first-order valence-electron chi connectivity index (χ1n) is 14.1. The minimum absolute atomic E-state index is 0.940. The maximum Gasteiger partial charge on any atom is 0.0249 e. The number of hydrogen-bond donors (Lipinski definition) is 0. The number of allylic oxidation sites excluding steroid dienone is 1. The summed E-state index contributed by atoms with van der Waals surface area (Å²) in [5, 5.41) is 0. The summed E-state index contributed by atoms with van der Waals surface area (Å²) in [6, 6.07) is 17.5. The summed E-state index contributed by atoms with van der Waals surface area (Å²) in [6.07, 6.45) is 23.9. The Morgan fingerprint density at radius 3 is 1.85 bits per heavy atom. The lowest BCUT2D eigenvalue weighted by Crippen LogP contribution is -2.15. The Labute approximate surface area is 210 Å². The van der Waals surface area contributed by atoms with Crippen LogP contribution in [0, 0.1) is 23.7 Å². The first kappa shape index (κ1) is 26.3. The molecule has 1 aliphatic carbocycles. The number of unbranched alkanes of at least 4 members (excludes halogenated alkanes) is 5. The molecule has 0 atom stereocenters. The van der Waals surface area contributed by atoms with Crippen LogP contribution in [0.1, 0.15) is 120 Å². The summed E-state index contributed by atoms with van der Waals surface area (Å²) >= 11 is 0. The van der Waals surface area contributed by atoms with E-state index in [1.54, 1.807) is 0 Å². The van der Waals surface area contributed by atoms with Crippen LogP contribution in [0.2, 0.25) is 0 Å². The summed E-state index contributed by atoms with van der Waals surface area (Å²) in [5.74, 6) is 8.59. The van der Waals surface area contributed by atoms with Crippen molar-refractivity contribution in [3.05, 3.63) is 76.9 Å². The van der Waals surface area contributed by atoms with Crippen molar-refractivity contribution in [3.8, 4) is 11.8 Å². The summed E-state index contributed by atoms with van der Waals surface area (Å²) in [5.41, 5.74) is 4.88. The lowest BCUT2D eigenvalue weighted by molar-refractivity contribution is 0.248. The van der Waals surface area contributed by atoms with Crippen LogP contribution in [0.4, 0.5) is 0 Å². The van der Waals surface area contributed by atoms with Gasteiger partial charge in [0.05, 0.1) is 0 Å². The summed E-state index contributed by atoms with van der Waals surface area (Å²) < 4.78 is 0. The third-order valence-electron chi connectivity index (χ3n) is 7.54. The van der Waals surface area contributed by atoms with Crippen molar-refractivity contribution in [2.75, 3.05) is 0 Å². The number of benzene rings is 2. The number of aryl methyl sites for hydroxylation is 1. The highest BCUT2D eigenvalue weighted by molar-refractivity contribution is 5.52. The van der Waals surface area contributed by atoms with Crippen LogP contribution in [-0.2, 0) is 6.42 Å². The van der Waals surface area contributed by atoms with Gasteiger partial charge < -0.3 is 0 Å². The van der Waals surface area contributed by atoms with Crippen molar-refractivity contribution in [1.82, 2.24) is 0 Å². The van der Waals surface area contributed by atoms with E-state index >= 15 is 0 Å². The Bertz CT molecular complexity index is 880. The van der Waals surface area contributed by atoms with E-state index in [9.17, 15) is 0 Å². The van der Waals surface area contributed by atoms with E-state index in [-0.39, 0.29) is 0 Å². The Morgan fingerprint density at radius 2 is 1.24 bits per heavy atom. The van der Waals surface area contributed by atoms with Gasteiger partial charge in [0.2, 0.25) is 0 Å². The molecule has 1 fully saturated rings. The first-order valence-corrected chi connectivity index (χ1v) is 14.1. The van der Waals surface area contributed by atoms with Crippen LogP contribution in [-0.4, -0.2) is 0 Å². The van der Waals surface area contributed by atoms with Gasteiger partial charge in [0.15, 0.2) is 0 Å². The molecule has 0 spiro atoms. The Kier molecular flexibility index (Phi) is 12.1. The van der Waals surface area contributed by atoms with Crippen LogP contribution in [0.3, 0.4) is 0 Å². The van der Waals surface area contributed by atoms with E-state index in [0.29, 0.717) is 0 Å². The van der Waals surface area contributed by atoms with E-state index in [2.05, 4.69) is 86.4 Å². The fourth-order valence-corrected chi connectivity index (χ4v) is 5.22. The van der Waals surface area contributed by atoms with E-state index in [1.165, 1.54) is 94.6 Å². The topological polar surface area (TPSA) is 0 Å². The zero-order chi connectivity index (χ0) is 23.8. The molecule has 1 aliphatic rings. The normalized spacial score (nSPS) is 18.1. The second kappa shape index (κ2) is 15.6. The minimum atomic E-state index is 0.940. The van der Waals surface area contributed by atoms with Crippen LogP contribution in [0.5, 0.6) is 0 Å². The van der Waals surface area contributed by atoms with Gasteiger partial charge in [0.25, 0.3) is 0 Å². The van der Waals surface area contributed by atoms with Gasteiger partial charge in [-0.25, -0.2) is 0 Å². The first-order chi connectivity index (χ1) is 16.8. The molecule has 0 N–H and O–H groups in total. The molecule has 0 heterocycles. The van der Waals surface area contributed by atoms with E-state index < -0.39 is 0 Å². The monoisotopic (exact) mass is 454 g/mol. The molecule has 0 aromatic heterocycles. The average molecular weight is 455 g/mol. The Balaban J connectivity index is 1.34. The van der Waals surface area contributed by atoms with Gasteiger partial charge in [0.1, 0.15) is 0 Å². The smallest absolute Gasteiger partial charge is 0.0249 e. The third-order valence-corrected chi connectivity index (χ3v) is 7.54. The van der Waals surface area contributed by atoms with Crippen molar-refractivity contribution in [2.24, 2.45) is 11.8 Å². The zero-order valence-electron chi connectivity index (χ0n) is 21.8. The summed E-state index contributed by atoms with van der Waals surface area (Å²) in [6.45, 7) is 4.46. The van der Waals surface area contributed by atoms with Crippen LogP contribution >= 0.6 is 0 Å². The van der Waals surface area contributed by atoms with E-state index in [0.717, 1.165) is 29.4 Å². The molecule has 0 nitrogen and oxygen atoms in total. The quantitative estimate of drug-likeness (QED) is 0.221. The van der Waals surface area contributed by atoms with Crippen molar-refractivity contribution >= 4 is 6.08 Å². The molecule has 0 bridgehead atoms.